The third-order valence-corrected chi connectivity index (χ3v) is 4.79. The monoisotopic (exact) mass is 360 g/mol. The van der Waals surface area contributed by atoms with Crippen molar-refractivity contribution in [3.63, 3.8) is 0 Å². The number of nitrogens with zero attached hydrogens (tertiary/aromatic N) is 4. The zero-order chi connectivity index (χ0) is 18.3. The van der Waals surface area contributed by atoms with Gasteiger partial charge in [-0.15, -0.1) is 0 Å². The summed E-state index contributed by atoms with van der Waals surface area (Å²) in [4.78, 5) is 18.0. The van der Waals surface area contributed by atoms with Crippen molar-refractivity contribution < 1.29 is 0 Å². The number of aromatic nitrogens is 3. The number of anilines is 3. The highest BCUT2D eigenvalue weighted by Crippen LogP contribution is 2.28. The average Bonchev–Trinajstić information content (AvgIpc) is 2.99. The summed E-state index contributed by atoms with van der Waals surface area (Å²) in [5, 5.41) is 6.88. The van der Waals surface area contributed by atoms with E-state index >= 15 is 0 Å². The van der Waals surface area contributed by atoms with E-state index in [1.807, 2.05) is 36.7 Å². The number of hydrogen-bond acceptors (Lipinski definition) is 6. The van der Waals surface area contributed by atoms with Crippen LogP contribution in [0.5, 0.6) is 0 Å². The molecule has 0 amide bonds. The van der Waals surface area contributed by atoms with Gasteiger partial charge in [0, 0.05) is 31.1 Å². The molecular formula is C21H24N6. The lowest BCUT2D eigenvalue weighted by Crippen LogP contribution is -2.24. The molecule has 0 aromatic carbocycles. The number of rotatable bonds is 5. The molecule has 0 atom stereocenters. The van der Waals surface area contributed by atoms with E-state index < -0.39 is 0 Å². The van der Waals surface area contributed by atoms with Crippen molar-refractivity contribution in [1.82, 2.24) is 15.0 Å². The third kappa shape index (κ3) is 4.58. The second-order valence-corrected chi connectivity index (χ2v) is 6.83. The van der Waals surface area contributed by atoms with E-state index in [2.05, 4.69) is 31.7 Å². The second kappa shape index (κ2) is 8.58. The molecule has 0 saturated heterocycles. The first-order chi connectivity index (χ1) is 13.4. The fourth-order valence-corrected chi connectivity index (χ4v) is 3.40. The van der Waals surface area contributed by atoms with Crippen molar-refractivity contribution in [1.29, 1.82) is 0 Å². The Balaban J connectivity index is 1.64. The van der Waals surface area contributed by atoms with E-state index in [0.717, 1.165) is 29.2 Å². The molecule has 2 aromatic heterocycles. The van der Waals surface area contributed by atoms with Crippen LogP contribution in [0.1, 0.15) is 44.1 Å². The van der Waals surface area contributed by atoms with Gasteiger partial charge in [-0.25, -0.2) is 4.98 Å². The molecular weight excluding hydrogens is 336 g/mol. The van der Waals surface area contributed by atoms with Crippen LogP contribution in [0.2, 0.25) is 0 Å². The molecule has 2 aromatic rings. The van der Waals surface area contributed by atoms with Crippen molar-refractivity contribution in [3.05, 3.63) is 54.5 Å². The minimum absolute atomic E-state index is 0.449. The Morgan fingerprint density at radius 2 is 2.00 bits per heavy atom. The van der Waals surface area contributed by atoms with Crippen molar-refractivity contribution in [2.45, 2.75) is 44.6 Å². The molecule has 0 bridgehead atoms. The number of allylic oxidation sites excluding steroid dienone is 3. The topological polar surface area (TPSA) is 75.1 Å². The molecule has 6 nitrogen and oxygen atoms in total. The molecule has 0 radical (unpaired) electrons. The van der Waals surface area contributed by atoms with Crippen molar-refractivity contribution in [2.75, 3.05) is 10.6 Å². The highest BCUT2D eigenvalue weighted by Gasteiger charge is 2.18. The highest BCUT2D eigenvalue weighted by molar-refractivity contribution is 5.81. The Morgan fingerprint density at radius 3 is 2.85 bits per heavy atom. The van der Waals surface area contributed by atoms with Gasteiger partial charge in [0.15, 0.2) is 0 Å². The van der Waals surface area contributed by atoms with Gasteiger partial charge in [0.2, 0.25) is 5.95 Å². The molecule has 1 aliphatic heterocycles. The van der Waals surface area contributed by atoms with Crippen molar-refractivity contribution in [3.8, 4) is 0 Å². The number of aliphatic imine (C=N–C) groups is 1. The maximum absolute atomic E-state index is 4.77. The van der Waals surface area contributed by atoms with Crippen LogP contribution in [0.3, 0.4) is 0 Å². The van der Waals surface area contributed by atoms with Crippen LogP contribution in [0.15, 0.2) is 53.9 Å². The predicted molar refractivity (Wildman–Crippen MR) is 110 cm³/mol. The highest BCUT2D eigenvalue weighted by atomic mass is 15.2. The Morgan fingerprint density at radius 1 is 1.07 bits per heavy atom. The fourth-order valence-electron chi connectivity index (χ4n) is 3.40. The molecule has 2 N–H and O–H groups in total. The summed E-state index contributed by atoms with van der Waals surface area (Å²) in [5.74, 6) is 1.39. The minimum atomic E-state index is 0.449. The lowest BCUT2D eigenvalue weighted by Gasteiger charge is -2.24. The standard InChI is InChI=1S/C21H24N6/c1-3-8-16(9-4-1)25-20-18(19-11-5-2-6-13-23-19)15-24-21(27-20)26-17-10-7-12-22-14-17/h2,5,7,10-16H,1,3-4,6,8-9H2,(H2,24,25,26,27). The van der Waals surface area contributed by atoms with Crippen LogP contribution in [-0.4, -0.2) is 27.2 Å². The van der Waals surface area contributed by atoms with Gasteiger partial charge >= 0.3 is 0 Å². The summed E-state index contributed by atoms with van der Waals surface area (Å²) < 4.78 is 0. The van der Waals surface area contributed by atoms with Crippen LogP contribution in [0, 0.1) is 0 Å². The van der Waals surface area contributed by atoms with E-state index in [1.54, 1.807) is 12.4 Å². The van der Waals surface area contributed by atoms with Crippen molar-refractivity contribution in [2.24, 2.45) is 4.99 Å². The normalized spacial score (nSPS) is 17.3. The van der Waals surface area contributed by atoms with Crippen LogP contribution in [-0.2, 0) is 0 Å². The van der Waals surface area contributed by atoms with Gasteiger partial charge in [-0.3, -0.25) is 9.98 Å². The van der Waals surface area contributed by atoms with Gasteiger partial charge in [-0.05, 0) is 31.1 Å². The summed E-state index contributed by atoms with van der Waals surface area (Å²) in [5.41, 5.74) is 2.68. The molecule has 27 heavy (non-hydrogen) atoms. The van der Waals surface area contributed by atoms with E-state index in [1.165, 1.54) is 32.1 Å². The van der Waals surface area contributed by atoms with Gasteiger partial charge in [-0.1, -0.05) is 31.4 Å². The first-order valence-electron chi connectivity index (χ1n) is 9.59. The SMILES string of the molecule is C1=CCC=NC(c2cnc(Nc3cccnc3)nc2NC2CCCCC2)=C1. The molecule has 6 heteroatoms. The van der Waals surface area contributed by atoms with Gasteiger partial charge < -0.3 is 10.6 Å². The molecule has 138 valence electrons. The predicted octanol–water partition coefficient (Wildman–Crippen LogP) is 4.73. The van der Waals surface area contributed by atoms with Crippen LogP contribution in [0.4, 0.5) is 17.5 Å². The summed E-state index contributed by atoms with van der Waals surface area (Å²) in [6.07, 6.45) is 20.5. The third-order valence-electron chi connectivity index (χ3n) is 4.79. The van der Waals surface area contributed by atoms with E-state index in [4.69, 9.17) is 4.98 Å². The first-order valence-corrected chi connectivity index (χ1v) is 9.59. The molecule has 1 aliphatic carbocycles. The molecule has 0 unspecified atom stereocenters. The Bertz CT molecular complexity index is 850. The Hall–Kier alpha value is -3.02. The Kier molecular flexibility index (Phi) is 5.53. The molecule has 4 rings (SSSR count). The zero-order valence-electron chi connectivity index (χ0n) is 15.3. The minimum Gasteiger partial charge on any atom is -0.367 e. The molecule has 1 saturated carbocycles. The largest absolute Gasteiger partial charge is 0.367 e. The summed E-state index contributed by atoms with van der Waals surface area (Å²) in [6, 6.07) is 4.28. The van der Waals surface area contributed by atoms with Gasteiger partial charge in [0.25, 0.3) is 0 Å². The second-order valence-electron chi connectivity index (χ2n) is 6.83. The summed E-state index contributed by atoms with van der Waals surface area (Å²) in [7, 11) is 0. The van der Waals surface area contributed by atoms with E-state index in [-0.39, 0.29) is 0 Å². The zero-order valence-corrected chi connectivity index (χ0v) is 15.3. The molecule has 3 heterocycles. The molecule has 2 aliphatic rings. The van der Waals surface area contributed by atoms with Gasteiger partial charge in [0.1, 0.15) is 5.82 Å². The van der Waals surface area contributed by atoms with Crippen molar-refractivity contribution >= 4 is 29.4 Å². The average molecular weight is 360 g/mol. The van der Waals surface area contributed by atoms with Crippen LogP contribution < -0.4 is 10.6 Å². The molecule has 0 spiro atoms. The smallest absolute Gasteiger partial charge is 0.229 e. The van der Waals surface area contributed by atoms with E-state index in [0.29, 0.717) is 12.0 Å². The van der Waals surface area contributed by atoms with Crippen LogP contribution in [0.25, 0.3) is 5.70 Å². The van der Waals surface area contributed by atoms with Gasteiger partial charge in [-0.2, -0.15) is 4.98 Å². The van der Waals surface area contributed by atoms with E-state index in [9.17, 15) is 0 Å². The summed E-state index contributed by atoms with van der Waals surface area (Å²) in [6.45, 7) is 0. The maximum atomic E-state index is 4.77. The Labute approximate surface area is 159 Å². The quantitative estimate of drug-likeness (QED) is 0.806. The number of pyridine rings is 1. The fraction of sp³-hybridized carbons (Fsp3) is 0.333. The number of nitrogens with one attached hydrogen (secondary N) is 2. The lowest BCUT2D eigenvalue weighted by atomic mass is 9.95. The first kappa shape index (κ1) is 17.4. The lowest BCUT2D eigenvalue weighted by molar-refractivity contribution is 0.462. The molecule has 1 fully saturated rings. The van der Waals surface area contributed by atoms with Gasteiger partial charge in [0.05, 0.1) is 23.1 Å². The summed E-state index contributed by atoms with van der Waals surface area (Å²) >= 11 is 0. The maximum Gasteiger partial charge on any atom is 0.229 e. The van der Waals surface area contributed by atoms with Crippen LogP contribution >= 0.6 is 0 Å². The number of hydrogen-bond donors (Lipinski definition) is 2.